The lowest BCUT2D eigenvalue weighted by atomic mass is 9.92. The van der Waals surface area contributed by atoms with Gasteiger partial charge in [0.25, 0.3) is 11.8 Å². The molecular weight excluding hydrogens is 428 g/mol. The number of amides is 2. The Morgan fingerprint density at radius 1 is 0.853 bits per heavy atom. The first kappa shape index (κ1) is 21.9. The molecule has 6 nitrogen and oxygen atoms in total. The van der Waals surface area contributed by atoms with E-state index in [-0.39, 0.29) is 25.0 Å². The molecule has 3 aromatic carbocycles. The molecular formula is C28H26N2O4. The molecule has 3 aromatic rings. The van der Waals surface area contributed by atoms with Crippen LogP contribution in [0.25, 0.3) is 16.8 Å². The molecule has 0 N–H and O–H groups in total. The van der Waals surface area contributed by atoms with Crippen LogP contribution in [0.5, 0.6) is 0 Å². The number of piperidine rings is 1. The van der Waals surface area contributed by atoms with Crippen molar-refractivity contribution in [2.45, 2.75) is 19.3 Å². The van der Waals surface area contributed by atoms with Crippen molar-refractivity contribution in [3.8, 4) is 0 Å². The molecule has 0 spiro atoms. The standard InChI is InChI=1S/C28H26N2O4/c31-25(15-12-20-8-3-1-4-9-20)34-19-18-30-27(32)22-11-7-10-21-24(29-16-5-2-6-17-29)14-13-23(26(21)22)28(30)33/h1,3-4,7-15H,2,5-6,16-19H2. The summed E-state index contributed by atoms with van der Waals surface area (Å²) in [4.78, 5) is 42.0. The highest BCUT2D eigenvalue weighted by Gasteiger charge is 2.33. The Morgan fingerprint density at radius 3 is 2.35 bits per heavy atom. The summed E-state index contributed by atoms with van der Waals surface area (Å²) < 4.78 is 5.24. The van der Waals surface area contributed by atoms with Gasteiger partial charge in [-0.1, -0.05) is 42.5 Å². The summed E-state index contributed by atoms with van der Waals surface area (Å²) in [6.45, 7) is 1.91. The summed E-state index contributed by atoms with van der Waals surface area (Å²) in [5, 5.41) is 1.66. The van der Waals surface area contributed by atoms with E-state index >= 15 is 0 Å². The zero-order valence-electron chi connectivity index (χ0n) is 18.9. The number of nitrogens with zero attached hydrogens (tertiary/aromatic N) is 2. The van der Waals surface area contributed by atoms with Gasteiger partial charge in [0.15, 0.2) is 0 Å². The first-order valence-corrected chi connectivity index (χ1v) is 11.7. The first-order chi connectivity index (χ1) is 16.6. The quantitative estimate of drug-likeness (QED) is 0.307. The Bertz CT molecular complexity index is 1250. The topological polar surface area (TPSA) is 66.9 Å². The molecule has 0 bridgehead atoms. The number of anilines is 1. The molecule has 6 heteroatoms. The molecule has 0 unspecified atom stereocenters. The number of benzene rings is 3. The van der Waals surface area contributed by atoms with E-state index in [4.69, 9.17) is 4.74 Å². The number of imide groups is 1. The minimum atomic E-state index is -0.519. The predicted molar refractivity (Wildman–Crippen MR) is 132 cm³/mol. The number of ether oxygens (including phenoxy) is 1. The summed E-state index contributed by atoms with van der Waals surface area (Å²) in [6, 6.07) is 18.9. The minimum absolute atomic E-state index is 0.00624. The summed E-state index contributed by atoms with van der Waals surface area (Å²) in [5.74, 6) is -1.22. The predicted octanol–water partition coefficient (Wildman–Crippen LogP) is 4.68. The van der Waals surface area contributed by atoms with Crippen LogP contribution in [0.2, 0.25) is 0 Å². The fourth-order valence-electron chi connectivity index (χ4n) is 4.76. The van der Waals surface area contributed by atoms with Crippen molar-refractivity contribution < 1.29 is 19.1 Å². The van der Waals surface area contributed by atoms with Crippen molar-refractivity contribution >= 4 is 40.3 Å². The number of esters is 1. The molecule has 1 fully saturated rings. The lowest BCUT2D eigenvalue weighted by Crippen LogP contribution is -2.42. The van der Waals surface area contributed by atoms with E-state index in [1.54, 1.807) is 12.1 Å². The monoisotopic (exact) mass is 454 g/mol. The third-order valence-corrected chi connectivity index (χ3v) is 6.44. The number of carbonyl (C=O) groups excluding carboxylic acids is 3. The minimum Gasteiger partial charge on any atom is -0.461 e. The van der Waals surface area contributed by atoms with Gasteiger partial charge in [-0.25, -0.2) is 4.79 Å². The number of hydrogen-bond donors (Lipinski definition) is 0. The fraction of sp³-hybridized carbons (Fsp3) is 0.250. The average molecular weight is 455 g/mol. The van der Waals surface area contributed by atoms with Gasteiger partial charge in [-0.05, 0) is 49.1 Å². The zero-order valence-corrected chi connectivity index (χ0v) is 18.9. The molecule has 2 aliphatic heterocycles. The number of carbonyl (C=O) groups is 3. The average Bonchev–Trinajstić information content (AvgIpc) is 2.88. The van der Waals surface area contributed by atoms with E-state index in [1.165, 1.54) is 17.4 Å². The van der Waals surface area contributed by atoms with Gasteiger partial charge in [-0.2, -0.15) is 0 Å². The van der Waals surface area contributed by atoms with Gasteiger partial charge < -0.3 is 9.64 Å². The van der Waals surface area contributed by atoms with Gasteiger partial charge in [-0.15, -0.1) is 0 Å². The van der Waals surface area contributed by atoms with Crippen molar-refractivity contribution in [2.75, 3.05) is 31.1 Å². The van der Waals surface area contributed by atoms with E-state index in [0.717, 1.165) is 48.0 Å². The molecule has 172 valence electrons. The molecule has 2 aliphatic rings. The Hall–Kier alpha value is -3.93. The molecule has 2 amide bonds. The van der Waals surface area contributed by atoms with Crippen molar-refractivity contribution in [2.24, 2.45) is 0 Å². The lowest BCUT2D eigenvalue weighted by molar-refractivity contribution is -0.137. The van der Waals surface area contributed by atoms with E-state index in [0.29, 0.717) is 11.1 Å². The maximum absolute atomic E-state index is 13.2. The normalized spacial score (nSPS) is 15.9. The van der Waals surface area contributed by atoms with Gasteiger partial charge in [-0.3, -0.25) is 14.5 Å². The van der Waals surface area contributed by atoms with Crippen LogP contribution in [-0.4, -0.2) is 48.9 Å². The van der Waals surface area contributed by atoms with Gasteiger partial charge in [0.2, 0.25) is 0 Å². The third-order valence-electron chi connectivity index (χ3n) is 6.44. The van der Waals surface area contributed by atoms with E-state index in [1.807, 2.05) is 54.6 Å². The number of rotatable bonds is 6. The van der Waals surface area contributed by atoms with Crippen LogP contribution in [0.15, 0.2) is 66.7 Å². The highest BCUT2D eigenvalue weighted by molar-refractivity contribution is 6.26. The molecule has 0 atom stereocenters. The second-order valence-corrected chi connectivity index (χ2v) is 8.58. The molecule has 2 heterocycles. The fourth-order valence-corrected chi connectivity index (χ4v) is 4.76. The van der Waals surface area contributed by atoms with Gasteiger partial charge in [0.05, 0.1) is 6.54 Å². The smallest absolute Gasteiger partial charge is 0.330 e. The maximum atomic E-state index is 13.2. The highest BCUT2D eigenvalue weighted by Crippen LogP contribution is 2.36. The van der Waals surface area contributed by atoms with Crippen LogP contribution >= 0.6 is 0 Å². The van der Waals surface area contributed by atoms with Crippen LogP contribution in [0.1, 0.15) is 45.5 Å². The van der Waals surface area contributed by atoms with Gasteiger partial charge in [0.1, 0.15) is 6.61 Å². The maximum Gasteiger partial charge on any atom is 0.330 e. The molecule has 0 saturated carbocycles. The molecule has 5 rings (SSSR count). The van der Waals surface area contributed by atoms with Crippen LogP contribution < -0.4 is 4.90 Å². The van der Waals surface area contributed by atoms with Crippen LogP contribution in [0.4, 0.5) is 5.69 Å². The van der Waals surface area contributed by atoms with Gasteiger partial charge >= 0.3 is 5.97 Å². The Balaban J connectivity index is 1.32. The van der Waals surface area contributed by atoms with E-state index in [2.05, 4.69) is 4.90 Å². The highest BCUT2D eigenvalue weighted by atomic mass is 16.5. The van der Waals surface area contributed by atoms with E-state index < -0.39 is 5.97 Å². The van der Waals surface area contributed by atoms with Crippen LogP contribution in [-0.2, 0) is 9.53 Å². The first-order valence-electron chi connectivity index (χ1n) is 11.7. The number of hydrogen-bond acceptors (Lipinski definition) is 5. The Kier molecular flexibility index (Phi) is 6.12. The van der Waals surface area contributed by atoms with Crippen molar-refractivity contribution in [3.63, 3.8) is 0 Å². The van der Waals surface area contributed by atoms with Gasteiger partial charge in [0, 0.05) is 46.8 Å². The van der Waals surface area contributed by atoms with Crippen molar-refractivity contribution in [3.05, 3.63) is 83.4 Å². The SMILES string of the molecule is O=C(C=Cc1ccccc1)OCCN1C(=O)c2cccc3c(N4CCCCC4)ccc(c23)C1=O. The Morgan fingerprint density at radius 2 is 1.59 bits per heavy atom. The molecule has 1 saturated heterocycles. The summed E-state index contributed by atoms with van der Waals surface area (Å²) >= 11 is 0. The second-order valence-electron chi connectivity index (χ2n) is 8.58. The van der Waals surface area contributed by atoms with E-state index in [9.17, 15) is 14.4 Å². The van der Waals surface area contributed by atoms with Crippen molar-refractivity contribution in [1.82, 2.24) is 4.90 Å². The molecule has 0 aromatic heterocycles. The van der Waals surface area contributed by atoms with Crippen molar-refractivity contribution in [1.29, 1.82) is 0 Å². The molecule has 34 heavy (non-hydrogen) atoms. The summed E-state index contributed by atoms with van der Waals surface area (Å²) in [7, 11) is 0. The zero-order chi connectivity index (χ0) is 23.5. The molecule has 0 aliphatic carbocycles. The van der Waals surface area contributed by atoms with Crippen LogP contribution in [0.3, 0.4) is 0 Å². The summed E-state index contributed by atoms with van der Waals surface area (Å²) in [6.07, 6.45) is 6.53. The van der Waals surface area contributed by atoms with Crippen LogP contribution in [0, 0.1) is 0 Å². The largest absolute Gasteiger partial charge is 0.461 e. The molecule has 0 radical (unpaired) electrons. The third kappa shape index (κ3) is 4.19. The Labute approximate surface area is 198 Å². The second kappa shape index (κ2) is 9.51. The summed E-state index contributed by atoms with van der Waals surface area (Å²) in [5.41, 5.74) is 2.99. The lowest BCUT2D eigenvalue weighted by Gasteiger charge is -2.32.